The molecule has 11 heteroatoms. The molecule has 1 aromatic carbocycles. The third-order valence-corrected chi connectivity index (χ3v) is 7.59. The minimum Gasteiger partial charge on any atom is -0.354 e. The van der Waals surface area contributed by atoms with Crippen LogP contribution < -0.4 is 4.90 Å². The van der Waals surface area contributed by atoms with E-state index in [4.69, 9.17) is 11.6 Å². The predicted molar refractivity (Wildman–Crippen MR) is 126 cm³/mol. The van der Waals surface area contributed by atoms with Crippen LogP contribution in [-0.2, 0) is 13.1 Å². The van der Waals surface area contributed by atoms with Crippen LogP contribution in [0.15, 0.2) is 30.5 Å². The molecule has 4 heterocycles. The Morgan fingerprint density at radius 1 is 1.00 bits per heavy atom. The number of hydrogen-bond donors (Lipinski definition) is 0. The highest BCUT2D eigenvalue weighted by Gasteiger charge is 2.48. The summed E-state index contributed by atoms with van der Waals surface area (Å²) >= 11 is 6.28. The lowest BCUT2D eigenvalue weighted by Gasteiger charge is -2.32. The van der Waals surface area contributed by atoms with Crippen LogP contribution in [0.1, 0.15) is 48.8 Å². The molecule has 1 saturated carbocycles. The number of piperidine rings is 1. The van der Waals surface area contributed by atoms with Crippen LogP contribution in [0.4, 0.5) is 23.4 Å². The van der Waals surface area contributed by atoms with Crippen LogP contribution >= 0.6 is 11.6 Å². The SMILES string of the molecule is Fc1cnc(N2CCC(c3nnc4n3-c3ccc(Cl)cc3CN(CC(F)(F)C3CC3)C4)CC2)c(F)c1. The van der Waals surface area contributed by atoms with E-state index in [1.54, 1.807) is 15.9 Å². The largest absolute Gasteiger partial charge is 0.354 e. The Morgan fingerprint density at radius 2 is 1.78 bits per heavy atom. The lowest BCUT2D eigenvalue weighted by Crippen LogP contribution is -2.37. The van der Waals surface area contributed by atoms with Crippen molar-refractivity contribution in [3.63, 3.8) is 0 Å². The number of anilines is 1. The topological polar surface area (TPSA) is 50.1 Å². The summed E-state index contributed by atoms with van der Waals surface area (Å²) in [6.07, 6.45) is 3.49. The van der Waals surface area contributed by atoms with Gasteiger partial charge in [-0.25, -0.2) is 22.5 Å². The van der Waals surface area contributed by atoms with Gasteiger partial charge >= 0.3 is 0 Å². The summed E-state index contributed by atoms with van der Waals surface area (Å²) in [5, 5.41) is 9.46. The van der Waals surface area contributed by atoms with Crippen molar-refractivity contribution in [3.05, 3.63) is 64.3 Å². The van der Waals surface area contributed by atoms with Crippen molar-refractivity contribution in [2.75, 3.05) is 24.5 Å². The number of aromatic nitrogens is 4. The Bertz CT molecular complexity index is 1290. The van der Waals surface area contributed by atoms with Gasteiger partial charge in [-0.3, -0.25) is 9.47 Å². The van der Waals surface area contributed by atoms with E-state index in [0.29, 0.717) is 56.2 Å². The van der Waals surface area contributed by atoms with Crippen molar-refractivity contribution < 1.29 is 17.6 Å². The number of halogens is 5. The van der Waals surface area contributed by atoms with Crippen molar-refractivity contribution in [1.82, 2.24) is 24.6 Å². The first-order chi connectivity index (χ1) is 17.3. The average Bonchev–Trinajstić information content (AvgIpc) is 3.64. The van der Waals surface area contributed by atoms with E-state index in [-0.39, 0.29) is 24.8 Å². The highest BCUT2D eigenvalue weighted by Crippen LogP contribution is 2.44. The van der Waals surface area contributed by atoms with Crippen LogP contribution in [0.25, 0.3) is 5.69 Å². The number of nitrogens with zero attached hydrogens (tertiary/aromatic N) is 6. The predicted octanol–water partition coefficient (Wildman–Crippen LogP) is 5.34. The fraction of sp³-hybridized carbons (Fsp3) is 0.480. The average molecular weight is 521 g/mol. The zero-order valence-electron chi connectivity index (χ0n) is 19.5. The number of hydrogen-bond acceptors (Lipinski definition) is 5. The van der Waals surface area contributed by atoms with E-state index >= 15 is 0 Å². The van der Waals surface area contributed by atoms with Gasteiger partial charge in [-0.05, 0) is 49.4 Å². The highest BCUT2D eigenvalue weighted by atomic mass is 35.5. The second-order valence-electron chi connectivity index (χ2n) is 9.98. The molecule has 0 spiro atoms. The molecule has 190 valence electrons. The summed E-state index contributed by atoms with van der Waals surface area (Å²) < 4.78 is 58.9. The van der Waals surface area contributed by atoms with Gasteiger partial charge in [0.2, 0.25) is 0 Å². The third kappa shape index (κ3) is 4.45. The first-order valence-corrected chi connectivity index (χ1v) is 12.6. The molecular formula is C25H25ClF4N6. The lowest BCUT2D eigenvalue weighted by molar-refractivity contribution is -0.0558. The molecule has 1 aliphatic carbocycles. The van der Waals surface area contributed by atoms with Gasteiger partial charge in [-0.1, -0.05) is 11.6 Å². The molecule has 0 bridgehead atoms. The first-order valence-electron chi connectivity index (χ1n) is 12.2. The highest BCUT2D eigenvalue weighted by molar-refractivity contribution is 6.30. The summed E-state index contributed by atoms with van der Waals surface area (Å²) in [7, 11) is 0. The maximum absolute atomic E-state index is 14.7. The Morgan fingerprint density at radius 3 is 2.50 bits per heavy atom. The summed E-state index contributed by atoms with van der Waals surface area (Å²) in [6, 6.07) is 6.34. The molecule has 6 nitrogen and oxygen atoms in total. The number of fused-ring (bicyclic) bond motifs is 3. The molecule has 1 saturated heterocycles. The number of rotatable bonds is 5. The van der Waals surface area contributed by atoms with E-state index in [2.05, 4.69) is 15.2 Å². The van der Waals surface area contributed by atoms with E-state index < -0.39 is 23.5 Å². The molecule has 3 aliphatic rings. The molecule has 3 aromatic rings. The number of benzene rings is 1. The normalized spacial score (nSPS) is 19.2. The van der Waals surface area contributed by atoms with Crippen molar-refractivity contribution in [2.45, 2.75) is 50.6 Å². The summed E-state index contributed by atoms with van der Waals surface area (Å²) in [5.41, 5.74) is 1.70. The lowest BCUT2D eigenvalue weighted by atomic mass is 9.95. The number of pyridine rings is 1. The molecule has 0 amide bonds. The molecule has 2 aromatic heterocycles. The summed E-state index contributed by atoms with van der Waals surface area (Å²) in [4.78, 5) is 7.47. The third-order valence-electron chi connectivity index (χ3n) is 7.35. The second-order valence-corrected chi connectivity index (χ2v) is 10.4. The fourth-order valence-electron chi connectivity index (χ4n) is 5.39. The molecule has 36 heavy (non-hydrogen) atoms. The smallest absolute Gasteiger partial charge is 0.263 e. The Labute approximate surface area is 210 Å². The van der Waals surface area contributed by atoms with E-state index in [9.17, 15) is 17.6 Å². The van der Waals surface area contributed by atoms with Gasteiger partial charge in [0.25, 0.3) is 5.92 Å². The van der Waals surface area contributed by atoms with Crippen LogP contribution in [0, 0.1) is 17.6 Å². The molecule has 0 unspecified atom stereocenters. The van der Waals surface area contributed by atoms with Crippen molar-refractivity contribution in [1.29, 1.82) is 0 Å². The maximum atomic E-state index is 14.7. The Kier molecular flexibility index (Phi) is 5.91. The summed E-state index contributed by atoms with van der Waals surface area (Å²) in [5.74, 6) is -3.12. The van der Waals surface area contributed by atoms with Gasteiger partial charge in [0.05, 0.1) is 25.0 Å². The van der Waals surface area contributed by atoms with E-state index in [0.717, 1.165) is 29.3 Å². The van der Waals surface area contributed by atoms with Crippen LogP contribution in [-0.4, -0.2) is 50.2 Å². The van der Waals surface area contributed by atoms with Crippen LogP contribution in [0.3, 0.4) is 0 Å². The van der Waals surface area contributed by atoms with Crippen molar-refractivity contribution in [2.24, 2.45) is 5.92 Å². The standard InChI is InChI=1S/C25H25ClF4N6/c26-18-3-4-21-16(9-18)12-34(14-25(29,30)17-1-2-17)13-22-32-33-23(36(21)22)15-5-7-35(8-6-15)24-20(28)10-19(27)11-31-24/h3-4,9-11,15,17H,1-2,5-8,12-14H2. The molecule has 0 atom stereocenters. The Hall–Kier alpha value is -2.72. The number of alkyl halides is 2. The maximum Gasteiger partial charge on any atom is 0.263 e. The second kappa shape index (κ2) is 8.99. The minimum atomic E-state index is -2.74. The first kappa shape index (κ1) is 23.7. The van der Waals surface area contributed by atoms with Gasteiger partial charge in [-0.15, -0.1) is 10.2 Å². The Balaban J connectivity index is 1.28. The van der Waals surface area contributed by atoms with Gasteiger partial charge in [0.1, 0.15) is 11.6 Å². The van der Waals surface area contributed by atoms with Gasteiger partial charge in [0, 0.05) is 42.6 Å². The molecule has 6 rings (SSSR count). The van der Waals surface area contributed by atoms with Gasteiger partial charge in [0.15, 0.2) is 17.5 Å². The van der Waals surface area contributed by atoms with Gasteiger partial charge < -0.3 is 4.90 Å². The van der Waals surface area contributed by atoms with Crippen LogP contribution in [0.5, 0.6) is 0 Å². The van der Waals surface area contributed by atoms with E-state index in [1.807, 2.05) is 16.7 Å². The quantitative estimate of drug-likeness (QED) is 0.425. The minimum absolute atomic E-state index is 0.0361. The van der Waals surface area contributed by atoms with Gasteiger partial charge in [-0.2, -0.15) is 0 Å². The molecule has 0 N–H and O–H groups in total. The van der Waals surface area contributed by atoms with Crippen LogP contribution in [0.2, 0.25) is 5.02 Å². The van der Waals surface area contributed by atoms with E-state index in [1.165, 1.54) is 0 Å². The zero-order valence-corrected chi connectivity index (χ0v) is 20.2. The fourth-order valence-corrected chi connectivity index (χ4v) is 5.58. The summed E-state index contributed by atoms with van der Waals surface area (Å²) in [6.45, 7) is 1.31. The van der Waals surface area contributed by atoms with Crippen molar-refractivity contribution >= 4 is 17.4 Å². The monoisotopic (exact) mass is 520 g/mol. The zero-order chi connectivity index (χ0) is 25.0. The van der Waals surface area contributed by atoms with Crippen molar-refractivity contribution in [3.8, 4) is 5.69 Å². The molecular weight excluding hydrogens is 496 g/mol. The molecule has 0 radical (unpaired) electrons. The molecule has 2 fully saturated rings. The molecule has 2 aliphatic heterocycles.